The molecule has 4 amide bonds. The summed E-state index contributed by atoms with van der Waals surface area (Å²) in [6.07, 6.45) is 0.811. The first kappa shape index (κ1) is 19.6. The number of carbonyl (C=O) groups is 4. The zero-order valence-electron chi connectivity index (χ0n) is 16.4. The highest BCUT2D eigenvalue weighted by molar-refractivity contribution is 6.05. The Bertz CT molecular complexity index is 621. The van der Waals surface area contributed by atoms with Crippen molar-refractivity contribution in [3.8, 4) is 0 Å². The quantitative estimate of drug-likeness (QED) is 0.713. The minimum Gasteiger partial charge on any atom is -0.277 e. The summed E-state index contributed by atoms with van der Waals surface area (Å²) in [5.74, 6) is -1.17. The molecule has 2 aliphatic rings. The molecular weight excluding hydrogens is 320 g/mol. The van der Waals surface area contributed by atoms with Crippen molar-refractivity contribution in [1.82, 2.24) is 9.80 Å². The van der Waals surface area contributed by atoms with Gasteiger partial charge in [0.25, 0.3) is 0 Å². The highest BCUT2D eigenvalue weighted by Crippen LogP contribution is 2.39. The van der Waals surface area contributed by atoms with Gasteiger partial charge in [0.15, 0.2) is 0 Å². The molecule has 2 heterocycles. The van der Waals surface area contributed by atoms with Crippen LogP contribution in [0, 0.1) is 17.8 Å². The van der Waals surface area contributed by atoms with Gasteiger partial charge in [-0.05, 0) is 40.0 Å². The van der Waals surface area contributed by atoms with Gasteiger partial charge >= 0.3 is 0 Å². The van der Waals surface area contributed by atoms with E-state index >= 15 is 0 Å². The van der Waals surface area contributed by atoms with Crippen molar-refractivity contribution in [3.63, 3.8) is 0 Å². The van der Waals surface area contributed by atoms with Crippen molar-refractivity contribution >= 4 is 23.6 Å². The van der Waals surface area contributed by atoms with Gasteiger partial charge in [0.05, 0.1) is 0 Å². The Kier molecular flexibility index (Phi) is 4.88. The van der Waals surface area contributed by atoms with Gasteiger partial charge in [0.1, 0.15) is 0 Å². The number of imide groups is 2. The van der Waals surface area contributed by atoms with Crippen LogP contribution >= 0.6 is 0 Å². The molecule has 2 unspecified atom stereocenters. The van der Waals surface area contributed by atoms with Gasteiger partial charge in [0.2, 0.25) is 23.6 Å². The third-order valence-electron chi connectivity index (χ3n) is 5.43. The van der Waals surface area contributed by atoms with E-state index in [4.69, 9.17) is 0 Å². The molecule has 0 aliphatic carbocycles. The molecule has 0 saturated carbocycles. The van der Waals surface area contributed by atoms with Gasteiger partial charge < -0.3 is 0 Å². The van der Waals surface area contributed by atoms with Crippen LogP contribution in [0.2, 0.25) is 0 Å². The summed E-state index contributed by atoms with van der Waals surface area (Å²) in [7, 11) is 0. The number of carbonyl (C=O) groups excluding carboxylic acids is 4. The van der Waals surface area contributed by atoms with E-state index in [1.54, 1.807) is 6.92 Å². The Morgan fingerprint density at radius 3 is 1.68 bits per heavy atom. The van der Waals surface area contributed by atoms with Gasteiger partial charge in [-0.25, -0.2) is 0 Å². The molecule has 0 aromatic carbocycles. The highest BCUT2D eigenvalue weighted by Gasteiger charge is 2.51. The Hall–Kier alpha value is -1.72. The molecule has 0 radical (unpaired) electrons. The minimum atomic E-state index is -0.770. The molecule has 2 saturated heterocycles. The van der Waals surface area contributed by atoms with E-state index in [-0.39, 0.29) is 54.2 Å². The van der Waals surface area contributed by atoms with Crippen LogP contribution in [0.3, 0.4) is 0 Å². The molecule has 2 rings (SSSR count). The third-order valence-corrected chi connectivity index (χ3v) is 5.43. The second kappa shape index (κ2) is 6.22. The first-order valence-corrected chi connectivity index (χ1v) is 9.03. The van der Waals surface area contributed by atoms with Gasteiger partial charge in [-0.3, -0.25) is 29.0 Å². The Morgan fingerprint density at radius 2 is 1.32 bits per heavy atom. The SMILES string of the molecule is CC1CC(=O)N(C(C)(C)CC(C)(C)N2C(=O)CC(C(C)C)C2=O)C1=O. The van der Waals surface area contributed by atoms with Crippen LogP contribution in [0.1, 0.15) is 67.7 Å². The van der Waals surface area contributed by atoms with Crippen molar-refractivity contribution in [1.29, 1.82) is 0 Å². The number of nitrogens with zero attached hydrogens (tertiary/aromatic N) is 2. The number of likely N-dealkylation sites (tertiary alicyclic amines) is 2. The van der Waals surface area contributed by atoms with E-state index in [9.17, 15) is 19.2 Å². The minimum absolute atomic E-state index is 0.104. The first-order chi connectivity index (χ1) is 11.3. The predicted octanol–water partition coefficient (Wildman–Crippen LogP) is 2.36. The van der Waals surface area contributed by atoms with E-state index in [0.29, 0.717) is 6.42 Å². The fourth-order valence-electron chi connectivity index (χ4n) is 4.45. The highest BCUT2D eigenvalue weighted by atomic mass is 16.2. The molecule has 6 heteroatoms. The molecule has 0 N–H and O–H groups in total. The molecular formula is C19H30N2O4. The van der Waals surface area contributed by atoms with Crippen LogP contribution in [0.15, 0.2) is 0 Å². The van der Waals surface area contributed by atoms with Crippen molar-refractivity contribution in [2.75, 3.05) is 0 Å². The van der Waals surface area contributed by atoms with E-state index in [0.717, 1.165) is 0 Å². The first-order valence-electron chi connectivity index (χ1n) is 9.03. The summed E-state index contributed by atoms with van der Waals surface area (Å²) in [4.78, 5) is 52.6. The van der Waals surface area contributed by atoms with E-state index in [2.05, 4.69) is 0 Å². The molecule has 2 fully saturated rings. The average Bonchev–Trinajstić information content (AvgIpc) is 2.85. The van der Waals surface area contributed by atoms with Crippen molar-refractivity contribution in [2.24, 2.45) is 17.8 Å². The smallest absolute Gasteiger partial charge is 0.233 e. The molecule has 6 nitrogen and oxygen atoms in total. The molecule has 140 valence electrons. The second-order valence-electron chi connectivity index (χ2n) is 9.10. The average molecular weight is 350 g/mol. The summed E-state index contributed by atoms with van der Waals surface area (Å²) in [6, 6.07) is 0. The number of hydrogen-bond donors (Lipinski definition) is 0. The van der Waals surface area contributed by atoms with Gasteiger partial charge in [0, 0.05) is 35.8 Å². The van der Waals surface area contributed by atoms with Crippen LogP contribution < -0.4 is 0 Å². The second-order valence-corrected chi connectivity index (χ2v) is 9.10. The number of rotatable bonds is 5. The summed E-state index contributed by atoms with van der Waals surface area (Å²) >= 11 is 0. The molecule has 0 spiro atoms. The lowest BCUT2D eigenvalue weighted by Crippen LogP contribution is -2.57. The summed E-state index contributed by atoms with van der Waals surface area (Å²) in [5, 5.41) is 0. The monoisotopic (exact) mass is 350 g/mol. The van der Waals surface area contributed by atoms with Crippen LogP contribution in [0.4, 0.5) is 0 Å². The summed E-state index contributed by atoms with van der Waals surface area (Å²) in [6.45, 7) is 13.0. The molecule has 0 aromatic rings. The normalized spacial score (nSPS) is 25.8. The van der Waals surface area contributed by atoms with E-state index < -0.39 is 11.1 Å². The molecule has 0 aromatic heterocycles. The van der Waals surface area contributed by atoms with Crippen molar-refractivity contribution < 1.29 is 19.2 Å². The maximum atomic E-state index is 12.7. The third kappa shape index (κ3) is 3.35. The largest absolute Gasteiger partial charge is 0.277 e. The van der Waals surface area contributed by atoms with Crippen molar-refractivity contribution in [3.05, 3.63) is 0 Å². The zero-order valence-corrected chi connectivity index (χ0v) is 16.4. The Balaban J connectivity index is 2.25. The number of hydrogen-bond acceptors (Lipinski definition) is 4. The van der Waals surface area contributed by atoms with Crippen molar-refractivity contribution in [2.45, 2.75) is 78.8 Å². The molecule has 0 bridgehead atoms. The summed E-state index contributed by atoms with van der Waals surface area (Å²) < 4.78 is 0. The lowest BCUT2D eigenvalue weighted by molar-refractivity contribution is -0.149. The maximum Gasteiger partial charge on any atom is 0.233 e. The van der Waals surface area contributed by atoms with Crippen LogP contribution in [0.25, 0.3) is 0 Å². The van der Waals surface area contributed by atoms with Crippen LogP contribution in [-0.4, -0.2) is 44.5 Å². The molecule has 25 heavy (non-hydrogen) atoms. The predicted molar refractivity (Wildman–Crippen MR) is 93.2 cm³/mol. The Labute approximate surface area is 149 Å². The maximum absolute atomic E-state index is 12.7. The van der Waals surface area contributed by atoms with Crippen LogP contribution in [-0.2, 0) is 19.2 Å². The van der Waals surface area contributed by atoms with Gasteiger partial charge in [-0.2, -0.15) is 0 Å². The lowest BCUT2D eigenvalue weighted by atomic mass is 9.84. The molecule has 2 aliphatic heterocycles. The topological polar surface area (TPSA) is 74.8 Å². The fraction of sp³-hybridized carbons (Fsp3) is 0.789. The molecule has 2 atom stereocenters. The van der Waals surface area contributed by atoms with Gasteiger partial charge in [-0.1, -0.05) is 20.8 Å². The standard InChI is InChI=1S/C19H30N2O4/c1-11(2)13-9-15(23)21(17(13)25)19(6,7)10-18(4,5)20-14(22)8-12(3)16(20)24/h11-13H,8-10H2,1-7H3. The fourth-order valence-corrected chi connectivity index (χ4v) is 4.45. The van der Waals surface area contributed by atoms with Crippen LogP contribution in [0.5, 0.6) is 0 Å². The van der Waals surface area contributed by atoms with Gasteiger partial charge in [-0.15, -0.1) is 0 Å². The van der Waals surface area contributed by atoms with E-state index in [1.807, 2.05) is 41.5 Å². The van der Waals surface area contributed by atoms with E-state index in [1.165, 1.54) is 9.80 Å². The zero-order chi connectivity index (χ0) is 19.3. The lowest BCUT2D eigenvalue weighted by Gasteiger charge is -2.43. The summed E-state index contributed by atoms with van der Waals surface area (Å²) in [5.41, 5.74) is -1.54. The number of amides is 4. The Morgan fingerprint density at radius 1 is 0.880 bits per heavy atom.